The first-order valence-electron chi connectivity index (χ1n) is 6.84. The normalized spacial score (nSPS) is 10.7. The molecule has 0 unspecified atom stereocenters. The van der Waals surface area contributed by atoms with E-state index in [9.17, 15) is 13.6 Å². The lowest BCUT2D eigenvalue weighted by atomic mass is 10.1. The van der Waals surface area contributed by atoms with Crippen molar-refractivity contribution in [2.45, 2.75) is 6.54 Å². The van der Waals surface area contributed by atoms with Gasteiger partial charge in [0, 0.05) is 5.56 Å². The summed E-state index contributed by atoms with van der Waals surface area (Å²) in [6, 6.07) is 13.0. The Morgan fingerprint density at radius 2 is 1.57 bits per heavy atom. The molecule has 0 amide bonds. The smallest absolute Gasteiger partial charge is 0.356 e. The lowest BCUT2D eigenvalue weighted by molar-refractivity contribution is 0.0689. The van der Waals surface area contributed by atoms with Gasteiger partial charge in [-0.1, -0.05) is 12.1 Å². The largest absolute Gasteiger partial charge is 0.476 e. The minimum atomic E-state index is -1.15. The van der Waals surface area contributed by atoms with Gasteiger partial charge < -0.3 is 5.11 Å². The number of hydrogen-bond acceptors (Lipinski definition) is 2. The fourth-order valence-corrected chi connectivity index (χ4v) is 2.26. The van der Waals surface area contributed by atoms with Gasteiger partial charge >= 0.3 is 5.97 Å². The van der Waals surface area contributed by atoms with Crippen LogP contribution in [0.25, 0.3) is 11.3 Å². The number of benzene rings is 2. The maximum atomic E-state index is 13.1. The van der Waals surface area contributed by atoms with Gasteiger partial charge in [0.25, 0.3) is 0 Å². The second-order valence-electron chi connectivity index (χ2n) is 5.01. The van der Waals surface area contributed by atoms with Gasteiger partial charge in [0.2, 0.25) is 0 Å². The predicted molar refractivity (Wildman–Crippen MR) is 80.1 cm³/mol. The van der Waals surface area contributed by atoms with E-state index in [2.05, 4.69) is 5.10 Å². The predicted octanol–water partition coefficient (Wildman–Crippen LogP) is 3.57. The van der Waals surface area contributed by atoms with Crippen LogP contribution in [0.5, 0.6) is 0 Å². The summed E-state index contributed by atoms with van der Waals surface area (Å²) in [6.07, 6.45) is 0. The zero-order valence-corrected chi connectivity index (χ0v) is 11.9. The van der Waals surface area contributed by atoms with E-state index < -0.39 is 5.97 Å². The van der Waals surface area contributed by atoms with Crippen molar-refractivity contribution in [1.82, 2.24) is 9.78 Å². The molecule has 3 rings (SSSR count). The first kappa shape index (κ1) is 14.9. The summed E-state index contributed by atoms with van der Waals surface area (Å²) in [7, 11) is 0. The van der Waals surface area contributed by atoms with Crippen molar-refractivity contribution in [2.75, 3.05) is 0 Å². The summed E-state index contributed by atoms with van der Waals surface area (Å²) in [5.74, 6) is -1.87. The van der Waals surface area contributed by atoms with Crippen molar-refractivity contribution in [3.8, 4) is 11.3 Å². The monoisotopic (exact) mass is 314 g/mol. The first-order valence-corrected chi connectivity index (χ1v) is 6.84. The lowest BCUT2D eigenvalue weighted by Crippen LogP contribution is -2.06. The molecule has 0 radical (unpaired) electrons. The number of hydrogen-bond donors (Lipinski definition) is 1. The molecule has 4 nitrogen and oxygen atoms in total. The molecule has 116 valence electrons. The molecule has 0 saturated carbocycles. The number of aromatic carboxylic acids is 1. The molecule has 23 heavy (non-hydrogen) atoms. The Hall–Kier alpha value is -3.02. The molecule has 6 heteroatoms. The topological polar surface area (TPSA) is 55.1 Å². The van der Waals surface area contributed by atoms with Crippen molar-refractivity contribution < 1.29 is 18.7 Å². The maximum Gasteiger partial charge on any atom is 0.356 e. The van der Waals surface area contributed by atoms with E-state index in [0.29, 0.717) is 11.3 Å². The van der Waals surface area contributed by atoms with Crippen LogP contribution in [-0.4, -0.2) is 20.9 Å². The Morgan fingerprint density at radius 3 is 2.13 bits per heavy atom. The molecular weight excluding hydrogens is 302 g/mol. The van der Waals surface area contributed by atoms with Crippen LogP contribution in [0.1, 0.15) is 16.1 Å². The van der Waals surface area contributed by atoms with Gasteiger partial charge in [-0.2, -0.15) is 5.10 Å². The van der Waals surface area contributed by atoms with Crippen molar-refractivity contribution in [1.29, 1.82) is 0 Å². The van der Waals surface area contributed by atoms with Crippen LogP contribution < -0.4 is 0 Å². The molecular formula is C17H12F2N2O2. The summed E-state index contributed by atoms with van der Waals surface area (Å²) < 4.78 is 27.6. The van der Waals surface area contributed by atoms with Gasteiger partial charge in [-0.05, 0) is 48.0 Å². The van der Waals surface area contributed by atoms with Gasteiger partial charge in [0.1, 0.15) is 11.6 Å². The number of carboxylic acid groups (broad SMARTS) is 1. The molecule has 0 atom stereocenters. The molecule has 0 fully saturated rings. The molecule has 0 spiro atoms. The Labute approximate surface area is 130 Å². The average Bonchev–Trinajstić information content (AvgIpc) is 2.94. The van der Waals surface area contributed by atoms with Gasteiger partial charge in [-0.3, -0.25) is 4.68 Å². The highest BCUT2D eigenvalue weighted by Crippen LogP contribution is 2.22. The Kier molecular flexibility index (Phi) is 3.89. The van der Waals surface area contributed by atoms with E-state index in [1.54, 1.807) is 24.3 Å². The zero-order valence-electron chi connectivity index (χ0n) is 11.9. The van der Waals surface area contributed by atoms with E-state index in [0.717, 1.165) is 5.56 Å². The van der Waals surface area contributed by atoms with Crippen LogP contribution in [0.4, 0.5) is 8.78 Å². The van der Waals surface area contributed by atoms with E-state index in [-0.39, 0.29) is 23.9 Å². The fourth-order valence-electron chi connectivity index (χ4n) is 2.26. The zero-order chi connectivity index (χ0) is 16.4. The van der Waals surface area contributed by atoms with E-state index in [4.69, 9.17) is 5.11 Å². The first-order chi connectivity index (χ1) is 11.0. The number of carboxylic acids is 1. The highest BCUT2D eigenvalue weighted by molar-refractivity contribution is 5.87. The maximum absolute atomic E-state index is 13.1. The van der Waals surface area contributed by atoms with Crippen LogP contribution in [0, 0.1) is 11.6 Å². The Morgan fingerprint density at radius 1 is 1.00 bits per heavy atom. The average molecular weight is 314 g/mol. The number of aromatic nitrogens is 2. The molecule has 0 aliphatic heterocycles. The molecule has 0 saturated heterocycles. The Balaban J connectivity index is 2.02. The van der Waals surface area contributed by atoms with Crippen LogP contribution in [0.15, 0.2) is 54.6 Å². The number of halogens is 2. The van der Waals surface area contributed by atoms with Gasteiger partial charge in [-0.15, -0.1) is 0 Å². The quantitative estimate of drug-likeness (QED) is 0.801. The fraction of sp³-hybridized carbons (Fsp3) is 0.0588. The summed E-state index contributed by atoms with van der Waals surface area (Å²) in [5, 5.41) is 13.2. The highest BCUT2D eigenvalue weighted by atomic mass is 19.1. The molecule has 0 bridgehead atoms. The van der Waals surface area contributed by atoms with E-state index in [1.165, 1.54) is 35.0 Å². The number of carbonyl (C=O) groups is 1. The van der Waals surface area contributed by atoms with Crippen LogP contribution in [0.2, 0.25) is 0 Å². The summed E-state index contributed by atoms with van der Waals surface area (Å²) in [4.78, 5) is 11.2. The van der Waals surface area contributed by atoms with Crippen LogP contribution >= 0.6 is 0 Å². The minimum absolute atomic E-state index is 0.105. The molecule has 1 N–H and O–H groups in total. The van der Waals surface area contributed by atoms with Gasteiger partial charge in [0.05, 0.1) is 12.2 Å². The van der Waals surface area contributed by atoms with E-state index >= 15 is 0 Å². The molecule has 3 aromatic rings. The third-order valence-electron chi connectivity index (χ3n) is 3.38. The standard InChI is InChI=1S/C17H12F2N2O2/c18-13-5-1-11(2-6-13)10-21-16(9-15(20-21)17(22)23)12-3-7-14(19)8-4-12/h1-9H,10H2,(H,22,23). The second kappa shape index (κ2) is 6.00. The molecule has 0 aliphatic carbocycles. The molecule has 1 heterocycles. The number of nitrogens with zero attached hydrogens (tertiary/aromatic N) is 2. The van der Waals surface area contributed by atoms with Crippen molar-refractivity contribution in [3.63, 3.8) is 0 Å². The van der Waals surface area contributed by atoms with Crippen LogP contribution in [-0.2, 0) is 6.54 Å². The SMILES string of the molecule is O=C(O)c1cc(-c2ccc(F)cc2)n(Cc2ccc(F)cc2)n1. The summed E-state index contributed by atoms with van der Waals surface area (Å²) in [5.41, 5.74) is 1.86. The van der Waals surface area contributed by atoms with Crippen molar-refractivity contribution >= 4 is 5.97 Å². The summed E-state index contributed by atoms with van der Waals surface area (Å²) >= 11 is 0. The van der Waals surface area contributed by atoms with E-state index in [1.807, 2.05) is 0 Å². The molecule has 2 aromatic carbocycles. The second-order valence-corrected chi connectivity index (χ2v) is 5.01. The van der Waals surface area contributed by atoms with Crippen molar-refractivity contribution in [3.05, 3.63) is 77.5 Å². The van der Waals surface area contributed by atoms with Crippen molar-refractivity contribution in [2.24, 2.45) is 0 Å². The summed E-state index contributed by atoms with van der Waals surface area (Å²) in [6.45, 7) is 0.278. The third kappa shape index (κ3) is 3.26. The Bertz CT molecular complexity index is 840. The van der Waals surface area contributed by atoms with Gasteiger partial charge in [-0.25, -0.2) is 13.6 Å². The minimum Gasteiger partial charge on any atom is -0.476 e. The molecule has 0 aliphatic rings. The van der Waals surface area contributed by atoms with Gasteiger partial charge in [0.15, 0.2) is 5.69 Å². The lowest BCUT2D eigenvalue weighted by Gasteiger charge is -2.08. The molecule has 1 aromatic heterocycles. The van der Waals surface area contributed by atoms with Crippen LogP contribution in [0.3, 0.4) is 0 Å². The third-order valence-corrected chi connectivity index (χ3v) is 3.38. The highest BCUT2D eigenvalue weighted by Gasteiger charge is 2.15. The number of rotatable bonds is 4.